The molecule has 0 saturated heterocycles. The molecule has 0 saturated carbocycles. The number of hydrazone groups is 1. The summed E-state index contributed by atoms with van der Waals surface area (Å²) in [6.07, 6.45) is 2.82. The van der Waals surface area contributed by atoms with Crippen LogP contribution < -0.4 is 10.7 Å². The summed E-state index contributed by atoms with van der Waals surface area (Å²) in [6.45, 7) is 6.12. The third-order valence-electron chi connectivity index (χ3n) is 3.29. The van der Waals surface area contributed by atoms with Gasteiger partial charge in [0.15, 0.2) is 5.11 Å². The minimum Gasteiger partial charge on any atom is -0.360 e. The Morgan fingerprint density at radius 3 is 2.76 bits per heavy atom. The lowest BCUT2D eigenvalue weighted by Crippen LogP contribution is -2.26. The highest BCUT2D eigenvalue weighted by molar-refractivity contribution is 7.80. The van der Waals surface area contributed by atoms with Gasteiger partial charge in [0.2, 0.25) is 0 Å². The first-order valence-electron chi connectivity index (χ1n) is 6.95. The van der Waals surface area contributed by atoms with Gasteiger partial charge in [0.05, 0.1) is 11.4 Å². The quantitative estimate of drug-likeness (QED) is 0.459. The average Bonchev–Trinajstić information content (AvgIpc) is 3.01. The van der Waals surface area contributed by atoms with Crippen molar-refractivity contribution in [2.45, 2.75) is 27.2 Å². The lowest BCUT2D eigenvalue weighted by Gasteiger charge is -2.14. The third-order valence-corrected chi connectivity index (χ3v) is 3.48. The molecule has 1 aromatic heterocycles. The van der Waals surface area contributed by atoms with Crippen molar-refractivity contribution < 1.29 is 0 Å². The van der Waals surface area contributed by atoms with Gasteiger partial charge in [-0.2, -0.15) is 5.10 Å². The topological polar surface area (TPSA) is 52.2 Å². The maximum Gasteiger partial charge on any atom is 0.191 e. The number of hydrogen-bond donors (Lipinski definition) is 3. The molecule has 0 atom stereocenters. The predicted molar refractivity (Wildman–Crippen MR) is 92.9 cm³/mol. The van der Waals surface area contributed by atoms with Crippen LogP contribution in [0.15, 0.2) is 41.6 Å². The molecule has 0 aliphatic carbocycles. The van der Waals surface area contributed by atoms with Gasteiger partial charge in [0.25, 0.3) is 0 Å². The van der Waals surface area contributed by atoms with E-state index in [1.54, 1.807) is 0 Å². The second-order valence-corrected chi connectivity index (χ2v) is 5.22. The zero-order valence-electron chi connectivity index (χ0n) is 12.5. The van der Waals surface area contributed by atoms with Gasteiger partial charge in [0.1, 0.15) is 0 Å². The normalized spacial score (nSPS) is 11.3. The van der Waals surface area contributed by atoms with Crippen molar-refractivity contribution in [2.75, 3.05) is 5.32 Å². The van der Waals surface area contributed by atoms with Gasteiger partial charge in [-0.1, -0.05) is 25.1 Å². The van der Waals surface area contributed by atoms with Gasteiger partial charge >= 0.3 is 0 Å². The second kappa shape index (κ2) is 7.04. The highest BCUT2D eigenvalue weighted by atomic mass is 32.1. The first-order valence-corrected chi connectivity index (χ1v) is 7.36. The van der Waals surface area contributed by atoms with Gasteiger partial charge in [-0.3, -0.25) is 5.43 Å². The Labute approximate surface area is 130 Å². The lowest BCUT2D eigenvalue weighted by molar-refractivity contribution is 1.03. The maximum absolute atomic E-state index is 5.31. The Bertz CT molecular complexity index is 644. The van der Waals surface area contributed by atoms with E-state index in [2.05, 4.69) is 52.9 Å². The van der Waals surface area contributed by atoms with Crippen LogP contribution in [-0.4, -0.2) is 15.8 Å². The predicted octanol–water partition coefficient (Wildman–Crippen LogP) is 3.60. The molecular formula is C16H20N4S. The number of aromatic nitrogens is 1. The van der Waals surface area contributed by atoms with E-state index in [0.29, 0.717) is 5.11 Å². The minimum absolute atomic E-state index is 0.491. The van der Waals surface area contributed by atoms with Crippen LogP contribution in [0.1, 0.15) is 30.7 Å². The zero-order valence-corrected chi connectivity index (χ0v) is 13.3. The molecule has 1 aromatic carbocycles. The third kappa shape index (κ3) is 3.92. The fourth-order valence-electron chi connectivity index (χ4n) is 2.09. The number of rotatable bonds is 4. The Morgan fingerprint density at radius 1 is 1.29 bits per heavy atom. The van der Waals surface area contributed by atoms with Crippen molar-refractivity contribution in [3.8, 4) is 0 Å². The van der Waals surface area contributed by atoms with Crippen molar-refractivity contribution >= 4 is 28.7 Å². The Hall–Kier alpha value is -2.14. The molecule has 0 unspecified atom stereocenters. The van der Waals surface area contributed by atoms with Crippen LogP contribution in [-0.2, 0) is 6.42 Å². The maximum atomic E-state index is 5.31. The van der Waals surface area contributed by atoms with Crippen LogP contribution >= 0.6 is 12.2 Å². The van der Waals surface area contributed by atoms with E-state index in [-0.39, 0.29) is 0 Å². The molecule has 3 N–H and O–H groups in total. The van der Waals surface area contributed by atoms with E-state index in [4.69, 9.17) is 12.2 Å². The molecule has 2 rings (SSSR count). The molecular weight excluding hydrogens is 280 g/mol. The Kier molecular flexibility index (Phi) is 5.11. The van der Waals surface area contributed by atoms with Crippen molar-refractivity contribution in [1.29, 1.82) is 0 Å². The Morgan fingerprint density at radius 2 is 2.10 bits per heavy atom. The van der Waals surface area contributed by atoms with Crippen molar-refractivity contribution in [2.24, 2.45) is 5.10 Å². The molecule has 0 aliphatic rings. The molecule has 4 nitrogen and oxygen atoms in total. The van der Waals surface area contributed by atoms with Gasteiger partial charge in [-0.25, -0.2) is 0 Å². The first kappa shape index (κ1) is 15.3. The van der Waals surface area contributed by atoms with E-state index in [0.717, 1.165) is 23.5 Å². The number of anilines is 1. The summed E-state index contributed by atoms with van der Waals surface area (Å²) < 4.78 is 0. The number of nitrogens with zero attached hydrogens (tertiary/aromatic N) is 1. The standard InChI is InChI=1S/C16H20N4S/c1-4-13-8-5-7-11(2)15(13)18-16(21)20-19-12(3)14-9-6-10-17-14/h5-10,17H,4H2,1-3H3,(H2,18,20,21)/b19-12+. The number of para-hydroxylation sites is 1. The minimum atomic E-state index is 0.491. The molecule has 2 aromatic rings. The highest BCUT2D eigenvalue weighted by Crippen LogP contribution is 2.20. The van der Waals surface area contributed by atoms with Crippen LogP contribution in [0.4, 0.5) is 5.69 Å². The smallest absolute Gasteiger partial charge is 0.191 e. The fourth-order valence-corrected chi connectivity index (χ4v) is 2.24. The largest absolute Gasteiger partial charge is 0.360 e. The number of nitrogens with one attached hydrogen (secondary N) is 3. The van der Waals surface area contributed by atoms with Gasteiger partial charge in [-0.05, 0) is 55.7 Å². The number of aryl methyl sites for hydroxylation is 2. The van der Waals surface area contributed by atoms with Crippen LogP contribution in [0.25, 0.3) is 0 Å². The zero-order chi connectivity index (χ0) is 15.2. The number of benzene rings is 1. The van der Waals surface area contributed by atoms with Crippen LogP contribution in [0, 0.1) is 6.92 Å². The summed E-state index contributed by atoms with van der Waals surface area (Å²) in [5.74, 6) is 0. The van der Waals surface area contributed by atoms with Crippen molar-refractivity contribution in [3.05, 3.63) is 53.3 Å². The Balaban J connectivity index is 2.04. The molecule has 5 heteroatoms. The highest BCUT2D eigenvalue weighted by Gasteiger charge is 2.06. The number of thiocarbonyl (C=S) groups is 1. The molecule has 0 spiro atoms. The van der Waals surface area contributed by atoms with E-state index >= 15 is 0 Å². The van der Waals surface area contributed by atoms with Gasteiger partial charge < -0.3 is 10.3 Å². The molecule has 0 radical (unpaired) electrons. The second-order valence-electron chi connectivity index (χ2n) is 4.81. The van der Waals surface area contributed by atoms with Crippen molar-refractivity contribution in [1.82, 2.24) is 10.4 Å². The molecule has 110 valence electrons. The molecule has 0 aliphatic heterocycles. The van der Waals surface area contributed by atoms with Crippen LogP contribution in [0.5, 0.6) is 0 Å². The summed E-state index contributed by atoms with van der Waals surface area (Å²) in [6, 6.07) is 10.1. The monoisotopic (exact) mass is 300 g/mol. The number of hydrogen-bond acceptors (Lipinski definition) is 2. The summed E-state index contributed by atoms with van der Waals surface area (Å²) in [5.41, 5.74) is 8.18. The molecule has 0 fully saturated rings. The van der Waals surface area contributed by atoms with E-state index in [9.17, 15) is 0 Å². The summed E-state index contributed by atoms with van der Waals surface area (Å²) in [5, 5.41) is 8.00. The fraction of sp³-hybridized carbons (Fsp3) is 0.250. The van der Waals surface area contributed by atoms with Gasteiger partial charge in [-0.15, -0.1) is 0 Å². The number of H-pyrrole nitrogens is 1. The van der Waals surface area contributed by atoms with Gasteiger partial charge in [0, 0.05) is 11.9 Å². The van der Waals surface area contributed by atoms with E-state index in [1.807, 2.05) is 25.3 Å². The molecule has 0 bridgehead atoms. The SMILES string of the molecule is CCc1cccc(C)c1NC(=S)N/N=C(\C)c1ccc[nH]1. The van der Waals surface area contributed by atoms with E-state index in [1.165, 1.54) is 11.1 Å². The van der Waals surface area contributed by atoms with Crippen LogP contribution in [0.2, 0.25) is 0 Å². The molecule has 0 amide bonds. The average molecular weight is 300 g/mol. The van der Waals surface area contributed by atoms with Crippen molar-refractivity contribution in [3.63, 3.8) is 0 Å². The molecule has 21 heavy (non-hydrogen) atoms. The summed E-state index contributed by atoms with van der Waals surface area (Å²) >= 11 is 5.31. The lowest BCUT2D eigenvalue weighted by atomic mass is 10.1. The number of aromatic amines is 1. The molecule has 1 heterocycles. The van der Waals surface area contributed by atoms with Crippen LogP contribution in [0.3, 0.4) is 0 Å². The first-order chi connectivity index (χ1) is 10.1. The summed E-state index contributed by atoms with van der Waals surface area (Å²) in [7, 11) is 0. The summed E-state index contributed by atoms with van der Waals surface area (Å²) in [4.78, 5) is 3.10. The van der Waals surface area contributed by atoms with E-state index < -0.39 is 0 Å².